The molecule has 0 fully saturated rings. The number of aliphatic hydroxyl groups is 2. The molecule has 0 saturated heterocycles. The fourth-order valence-electron chi connectivity index (χ4n) is 6.17. The predicted octanol–water partition coefficient (Wildman–Crippen LogP) is 11.9. The predicted molar refractivity (Wildman–Crippen MR) is 218 cm³/mol. The van der Waals surface area contributed by atoms with Gasteiger partial charge >= 0.3 is 5.97 Å². The lowest BCUT2D eigenvalue weighted by molar-refractivity contribution is -0.151. The van der Waals surface area contributed by atoms with Gasteiger partial charge in [-0.1, -0.05) is 172 Å². The third kappa shape index (κ3) is 34.7. The second-order valence-corrected chi connectivity index (χ2v) is 14.4. The summed E-state index contributed by atoms with van der Waals surface area (Å²) in [5.74, 6) is -0.520. The first-order valence-electron chi connectivity index (χ1n) is 21.4. The number of nitrogens with one attached hydrogen (secondary N) is 1. The molecule has 3 N–H and O–H groups in total. The number of aliphatic hydroxyl groups excluding tert-OH is 2. The number of unbranched alkanes of at least 4 members (excludes halogenated alkanes) is 19. The van der Waals surface area contributed by atoms with Crippen LogP contribution in [0, 0.1) is 0 Å². The zero-order chi connectivity index (χ0) is 37.5. The van der Waals surface area contributed by atoms with Gasteiger partial charge in [0.25, 0.3) is 0 Å². The van der Waals surface area contributed by atoms with Crippen molar-refractivity contribution in [2.45, 2.75) is 219 Å². The molecule has 3 atom stereocenters. The van der Waals surface area contributed by atoms with E-state index in [9.17, 15) is 19.8 Å². The minimum atomic E-state index is -0.791. The van der Waals surface area contributed by atoms with Gasteiger partial charge in [0.2, 0.25) is 5.91 Å². The SMILES string of the molecule is CC/C=C/C=C/C=C\CCCCCCCC(=O)OC(CCCCC/C=C\CCCC)CC(=O)NC(CO)C(O)CCCCCCCCCCCC. The molecule has 1 amide bonds. The Bertz CT molecular complexity index is 895. The van der Waals surface area contributed by atoms with Crippen LogP contribution >= 0.6 is 0 Å². The third-order valence-corrected chi connectivity index (χ3v) is 9.45. The van der Waals surface area contributed by atoms with Gasteiger partial charge in [0.05, 0.1) is 25.2 Å². The maximum atomic E-state index is 13.1. The average molecular weight is 716 g/mol. The molecule has 0 aliphatic heterocycles. The molecule has 0 aliphatic rings. The van der Waals surface area contributed by atoms with Gasteiger partial charge in [0.1, 0.15) is 6.10 Å². The van der Waals surface area contributed by atoms with Crippen molar-refractivity contribution in [3.63, 3.8) is 0 Å². The number of hydrogen-bond donors (Lipinski definition) is 3. The van der Waals surface area contributed by atoms with Crippen LogP contribution in [0.5, 0.6) is 0 Å². The lowest BCUT2D eigenvalue weighted by atomic mass is 10.0. The van der Waals surface area contributed by atoms with Gasteiger partial charge in [-0.15, -0.1) is 0 Å². The van der Waals surface area contributed by atoms with Gasteiger partial charge < -0.3 is 20.3 Å². The smallest absolute Gasteiger partial charge is 0.306 e. The average Bonchev–Trinajstić information content (AvgIpc) is 3.12. The summed E-state index contributed by atoms with van der Waals surface area (Å²) in [4.78, 5) is 25.8. The number of carbonyl (C=O) groups excluding carboxylic acids is 2. The van der Waals surface area contributed by atoms with E-state index in [1.807, 2.05) is 0 Å². The maximum absolute atomic E-state index is 13.1. The first-order valence-corrected chi connectivity index (χ1v) is 21.4. The van der Waals surface area contributed by atoms with E-state index in [0.717, 1.165) is 96.3 Å². The summed E-state index contributed by atoms with van der Waals surface area (Å²) in [7, 11) is 0. The Morgan fingerprint density at radius 2 is 1.10 bits per heavy atom. The summed E-state index contributed by atoms with van der Waals surface area (Å²) in [5.41, 5.74) is 0. The van der Waals surface area contributed by atoms with Crippen molar-refractivity contribution >= 4 is 11.9 Å². The van der Waals surface area contributed by atoms with Crippen molar-refractivity contribution in [2.24, 2.45) is 0 Å². The van der Waals surface area contributed by atoms with E-state index >= 15 is 0 Å². The zero-order valence-electron chi connectivity index (χ0n) is 33.5. The minimum absolute atomic E-state index is 0.0573. The molecule has 0 aromatic heterocycles. The standard InChI is InChI=1S/C45H81NO5/c1-4-7-10-13-16-19-21-22-23-26-29-32-35-38-45(50)51-41(36-33-30-27-24-18-15-12-9-6-3)39-44(49)46-42(40-47)43(48)37-34-31-28-25-20-17-14-11-8-5-2/h7,10,13,15-16,18-19,21,41-43,47-48H,4-6,8-9,11-12,14,17,20,22-40H2,1-3H3,(H,46,49)/b10-7+,16-13+,18-15-,21-19-. The molecule has 0 rings (SSSR count). The topological polar surface area (TPSA) is 95.9 Å². The van der Waals surface area contributed by atoms with Crippen LogP contribution in [0.3, 0.4) is 0 Å². The molecule has 296 valence electrons. The Labute approximate surface area is 315 Å². The lowest BCUT2D eigenvalue weighted by Crippen LogP contribution is -2.46. The molecule has 6 heteroatoms. The second kappa shape index (κ2) is 39.0. The number of ether oxygens (including phenoxy) is 1. The first-order chi connectivity index (χ1) is 25.0. The number of rotatable bonds is 37. The van der Waals surface area contributed by atoms with E-state index in [1.165, 1.54) is 57.8 Å². The van der Waals surface area contributed by atoms with E-state index in [-0.39, 0.29) is 24.9 Å². The van der Waals surface area contributed by atoms with E-state index in [2.05, 4.69) is 74.7 Å². The Hall–Kier alpha value is -2.18. The first kappa shape index (κ1) is 48.8. The van der Waals surface area contributed by atoms with Crippen molar-refractivity contribution in [2.75, 3.05) is 6.61 Å². The molecule has 51 heavy (non-hydrogen) atoms. The molecule has 6 nitrogen and oxygen atoms in total. The zero-order valence-corrected chi connectivity index (χ0v) is 33.5. The summed E-state index contributed by atoms with van der Waals surface area (Å²) in [6.45, 7) is 6.26. The largest absolute Gasteiger partial charge is 0.462 e. The molecule has 0 spiro atoms. The third-order valence-electron chi connectivity index (χ3n) is 9.45. The highest BCUT2D eigenvalue weighted by Gasteiger charge is 2.24. The highest BCUT2D eigenvalue weighted by molar-refractivity contribution is 5.77. The highest BCUT2D eigenvalue weighted by atomic mass is 16.5. The van der Waals surface area contributed by atoms with Crippen molar-refractivity contribution in [3.8, 4) is 0 Å². The molecule has 0 saturated carbocycles. The number of carbonyl (C=O) groups is 2. The fourth-order valence-corrected chi connectivity index (χ4v) is 6.17. The van der Waals surface area contributed by atoms with Gasteiger partial charge in [-0.3, -0.25) is 9.59 Å². The molecule has 0 bridgehead atoms. The molecule has 0 radical (unpaired) electrons. The molecular formula is C45H81NO5. The van der Waals surface area contributed by atoms with Crippen LogP contribution in [0.1, 0.15) is 201 Å². The minimum Gasteiger partial charge on any atom is -0.462 e. The van der Waals surface area contributed by atoms with E-state index in [1.54, 1.807) is 0 Å². The summed E-state index contributed by atoms with van der Waals surface area (Å²) in [5, 5.41) is 23.5. The van der Waals surface area contributed by atoms with E-state index in [4.69, 9.17) is 4.74 Å². The Kier molecular flexibility index (Phi) is 37.4. The van der Waals surface area contributed by atoms with Crippen LogP contribution in [0.2, 0.25) is 0 Å². The van der Waals surface area contributed by atoms with E-state index in [0.29, 0.717) is 19.3 Å². The maximum Gasteiger partial charge on any atom is 0.306 e. The lowest BCUT2D eigenvalue weighted by Gasteiger charge is -2.24. The summed E-state index contributed by atoms with van der Waals surface area (Å²) in [6, 6.07) is -0.707. The van der Waals surface area contributed by atoms with Crippen LogP contribution in [0.15, 0.2) is 48.6 Å². The van der Waals surface area contributed by atoms with Gasteiger partial charge in [-0.2, -0.15) is 0 Å². The molecule has 3 unspecified atom stereocenters. The van der Waals surface area contributed by atoms with Gasteiger partial charge in [-0.25, -0.2) is 0 Å². The fraction of sp³-hybridized carbons (Fsp3) is 0.778. The van der Waals surface area contributed by atoms with Crippen LogP contribution in [0.4, 0.5) is 0 Å². The quantitative estimate of drug-likeness (QED) is 0.0257. The van der Waals surface area contributed by atoms with E-state index < -0.39 is 18.2 Å². The van der Waals surface area contributed by atoms with Crippen molar-refractivity contribution in [1.29, 1.82) is 0 Å². The van der Waals surface area contributed by atoms with Crippen molar-refractivity contribution in [3.05, 3.63) is 48.6 Å². The second-order valence-electron chi connectivity index (χ2n) is 14.4. The Balaban J connectivity index is 4.61. The Morgan fingerprint density at radius 3 is 1.73 bits per heavy atom. The molecular weight excluding hydrogens is 634 g/mol. The van der Waals surface area contributed by atoms with Crippen LogP contribution < -0.4 is 5.32 Å². The number of allylic oxidation sites excluding steroid dienone is 8. The van der Waals surface area contributed by atoms with Crippen LogP contribution in [-0.2, 0) is 14.3 Å². The number of amides is 1. The molecule has 0 aliphatic carbocycles. The monoisotopic (exact) mass is 716 g/mol. The molecule has 0 aromatic rings. The normalized spacial score (nSPS) is 13.9. The van der Waals surface area contributed by atoms with Crippen LogP contribution in [0.25, 0.3) is 0 Å². The van der Waals surface area contributed by atoms with Crippen molar-refractivity contribution < 1.29 is 24.5 Å². The summed E-state index contributed by atoms with van der Waals surface area (Å²) < 4.78 is 5.86. The highest BCUT2D eigenvalue weighted by Crippen LogP contribution is 2.17. The Morgan fingerprint density at radius 1 is 0.588 bits per heavy atom. The molecule has 0 aromatic carbocycles. The van der Waals surface area contributed by atoms with Crippen LogP contribution in [-0.4, -0.2) is 46.9 Å². The van der Waals surface area contributed by atoms with Gasteiger partial charge in [0.15, 0.2) is 0 Å². The van der Waals surface area contributed by atoms with Gasteiger partial charge in [-0.05, 0) is 64.2 Å². The van der Waals surface area contributed by atoms with Crippen molar-refractivity contribution in [1.82, 2.24) is 5.32 Å². The number of hydrogen-bond acceptors (Lipinski definition) is 5. The summed E-state index contributed by atoms with van der Waals surface area (Å²) >= 11 is 0. The number of esters is 1. The molecule has 0 heterocycles. The van der Waals surface area contributed by atoms with Gasteiger partial charge in [0, 0.05) is 6.42 Å². The summed E-state index contributed by atoms with van der Waals surface area (Å²) in [6.07, 6.45) is 44.6.